The van der Waals surface area contributed by atoms with Gasteiger partial charge in [-0.15, -0.1) is 0 Å². The molecule has 0 aliphatic carbocycles. The van der Waals surface area contributed by atoms with Crippen LogP contribution < -0.4 is 4.90 Å². The van der Waals surface area contributed by atoms with E-state index >= 15 is 0 Å². The first kappa shape index (κ1) is 9.71. The van der Waals surface area contributed by atoms with Gasteiger partial charge in [-0.05, 0) is 23.7 Å². The summed E-state index contributed by atoms with van der Waals surface area (Å²) in [6.07, 6.45) is 0. The molecule has 68 valence electrons. The molecule has 0 amide bonds. The lowest BCUT2D eigenvalue weighted by molar-refractivity contribution is 1.13. The molecule has 0 atom stereocenters. The van der Waals surface area contributed by atoms with Crippen LogP contribution in [0.5, 0.6) is 0 Å². The number of hydrogen-bond acceptors (Lipinski definition) is 2. The Morgan fingerprint density at radius 3 is 2.69 bits per heavy atom. The minimum Gasteiger partial charge on any atom is -0.377 e. The Hall–Kier alpha value is -1.38. The molecule has 0 saturated heterocycles. The fourth-order valence-electron chi connectivity index (χ4n) is 1.00. The predicted octanol–water partition coefficient (Wildman–Crippen LogP) is 3.35. The molecule has 0 heterocycles. The summed E-state index contributed by atoms with van der Waals surface area (Å²) in [7, 11) is 3.75. The SMILES string of the molecule is CN(C)c1ccc(Cl)cc1N=[N+]=[N-]. The van der Waals surface area contributed by atoms with Crippen LogP contribution in [0.3, 0.4) is 0 Å². The summed E-state index contributed by atoms with van der Waals surface area (Å²) in [4.78, 5) is 4.59. The summed E-state index contributed by atoms with van der Waals surface area (Å²) < 4.78 is 0. The van der Waals surface area contributed by atoms with Crippen molar-refractivity contribution >= 4 is 23.0 Å². The van der Waals surface area contributed by atoms with Gasteiger partial charge in [-0.2, -0.15) is 0 Å². The van der Waals surface area contributed by atoms with Crippen LogP contribution >= 0.6 is 11.6 Å². The molecule has 0 unspecified atom stereocenters. The minimum absolute atomic E-state index is 0.542. The van der Waals surface area contributed by atoms with E-state index in [1.165, 1.54) is 0 Å². The van der Waals surface area contributed by atoms with E-state index in [1.54, 1.807) is 12.1 Å². The van der Waals surface area contributed by atoms with E-state index in [1.807, 2.05) is 25.1 Å². The highest BCUT2D eigenvalue weighted by Gasteiger charge is 2.02. The summed E-state index contributed by atoms with van der Waals surface area (Å²) in [5.74, 6) is 0. The predicted molar refractivity (Wildman–Crippen MR) is 54.6 cm³/mol. The third kappa shape index (κ3) is 2.28. The van der Waals surface area contributed by atoms with Gasteiger partial charge in [0.1, 0.15) is 0 Å². The fourth-order valence-corrected chi connectivity index (χ4v) is 1.17. The van der Waals surface area contributed by atoms with Crippen LogP contribution in [0.25, 0.3) is 10.4 Å². The molecule has 0 aliphatic rings. The van der Waals surface area contributed by atoms with Crippen LogP contribution in [0.1, 0.15) is 0 Å². The fraction of sp³-hybridized carbons (Fsp3) is 0.250. The molecule has 0 fully saturated rings. The van der Waals surface area contributed by atoms with E-state index in [2.05, 4.69) is 10.0 Å². The second-order valence-electron chi connectivity index (χ2n) is 2.72. The molecule has 0 saturated carbocycles. The Kier molecular flexibility index (Phi) is 3.01. The van der Waals surface area contributed by atoms with E-state index < -0.39 is 0 Å². The molecule has 0 aromatic heterocycles. The van der Waals surface area contributed by atoms with Crippen LogP contribution in [0.4, 0.5) is 11.4 Å². The topological polar surface area (TPSA) is 52.0 Å². The zero-order chi connectivity index (χ0) is 9.84. The van der Waals surface area contributed by atoms with Crippen LogP contribution in [-0.2, 0) is 0 Å². The lowest BCUT2D eigenvalue weighted by atomic mass is 10.2. The highest BCUT2D eigenvalue weighted by Crippen LogP contribution is 2.30. The standard InChI is InChI=1S/C8H9ClN4/c1-13(2)8-4-3-6(9)5-7(8)11-12-10/h3-5H,1-2H3. The Balaban J connectivity index is 3.26. The van der Waals surface area contributed by atoms with Crippen molar-refractivity contribution in [2.24, 2.45) is 5.11 Å². The van der Waals surface area contributed by atoms with Crippen molar-refractivity contribution in [3.8, 4) is 0 Å². The van der Waals surface area contributed by atoms with Crippen molar-refractivity contribution in [3.05, 3.63) is 33.7 Å². The van der Waals surface area contributed by atoms with Crippen molar-refractivity contribution in [1.82, 2.24) is 0 Å². The van der Waals surface area contributed by atoms with Gasteiger partial charge in [0.05, 0.1) is 5.69 Å². The second kappa shape index (κ2) is 4.03. The highest BCUT2D eigenvalue weighted by molar-refractivity contribution is 6.31. The highest BCUT2D eigenvalue weighted by atomic mass is 35.5. The molecule has 5 heteroatoms. The summed E-state index contributed by atoms with van der Waals surface area (Å²) in [5.41, 5.74) is 9.70. The minimum atomic E-state index is 0.542. The molecule has 1 aromatic carbocycles. The van der Waals surface area contributed by atoms with Gasteiger partial charge in [0.2, 0.25) is 0 Å². The number of rotatable bonds is 2. The molecule has 0 aliphatic heterocycles. The Morgan fingerprint density at radius 1 is 1.46 bits per heavy atom. The summed E-state index contributed by atoms with van der Waals surface area (Å²) in [5, 5.41) is 4.11. The van der Waals surface area contributed by atoms with Gasteiger partial charge in [0, 0.05) is 29.7 Å². The van der Waals surface area contributed by atoms with Crippen molar-refractivity contribution in [2.45, 2.75) is 0 Å². The molecular formula is C8H9ClN4. The Labute approximate surface area is 81.4 Å². The molecule has 4 nitrogen and oxygen atoms in total. The molecule has 1 aromatic rings. The van der Waals surface area contributed by atoms with Crippen LogP contribution in [0, 0.1) is 0 Å². The number of azide groups is 1. The third-order valence-electron chi connectivity index (χ3n) is 1.57. The maximum absolute atomic E-state index is 8.31. The zero-order valence-corrected chi connectivity index (χ0v) is 8.15. The number of anilines is 1. The van der Waals surface area contributed by atoms with Gasteiger partial charge in [0.25, 0.3) is 0 Å². The van der Waals surface area contributed by atoms with Gasteiger partial charge in [0.15, 0.2) is 0 Å². The molecule has 0 bridgehead atoms. The summed E-state index contributed by atoms with van der Waals surface area (Å²) >= 11 is 5.76. The van der Waals surface area contributed by atoms with Crippen molar-refractivity contribution in [1.29, 1.82) is 0 Å². The van der Waals surface area contributed by atoms with E-state index in [0.29, 0.717) is 10.7 Å². The number of halogens is 1. The quantitative estimate of drug-likeness (QED) is 0.407. The first-order valence-corrected chi connectivity index (χ1v) is 4.05. The van der Waals surface area contributed by atoms with Gasteiger partial charge < -0.3 is 4.90 Å². The molecule has 13 heavy (non-hydrogen) atoms. The Bertz CT molecular complexity index is 355. The molecule has 0 spiro atoms. The first-order chi connectivity index (χ1) is 6.15. The van der Waals surface area contributed by atoms with Gasteiger partial charge in [-0.3, -0.25) is 0 Å². The van der Waals surface area contributed by atoms with E-state index in [0.717, 1.165) is 5.69 Å². The van der Waals surface area contributed by atoms with E-state index in [-0.39, 0.29) is 0 Å². The number of nitrogens with zero attached hydrogens (tertiary/aromatic N) is 4. The normalized spacial score (nSPS) is 9.15. The monoisotopic (exact) mass is 196 g/mol. The molecular weight excluding hydrogens is 188 g/mol. The van der Waals surface area contributed by atoms with Gasteiger partial charge in [-0.25, -0.2) is 0 Å². The first-order valence-electron chi connectivity index (χ1n) is 3.67. The average Bonchev–Trinajstić information content (AvgIpc) is 2.04. The average molecular weight is 197 g/mol. The molecule has 1 rings (SSSR count). The van der Waals surface area contributed by atoms with Crippen molar-refractivity contribution < 1.29 is 0 Å². The van der Waals surface area contributed by atoms with Crippen molar-refractivity contribution in [3.63, 3.8) is 0 Å². The third-order valence-corrected chi connectivity index (χ3v) is 1.81. The summed E-state index contributed by atoms with van der Waals surface area (Å²) in [6, 6.07) is 5.20. The maximum Gasteiger partial charge on any atom is 0.0623 e. The smallest absolute Gasteiger partial charge is 0.0623 e. The molecule has 0 N–H and O–H groups in total. The number of benzene rings is 1. The van der Waals surface area contributed by atoms with Gasteiger partial charge >= 0.3 is 0 Å². The van der Waals surface area contributed by atoms with E-state index in [9.17, 15) is 0 Å². The lowest BCUT2D eigenvalue weighted by Crippen LogP contribution is -2.08. The van der Waals surface area contributed by atoms with Crippen LogP contribution in [0.2, 0.25) is 5.02 Å². The van der Waals surface area contributed by atoms with Crippen LogP contribution in [0.15, 0.2) is 23.3 Å². The maximum atomic E-state index is 8.31. The lowest BCUT2D eigenvalue weighted by Gasteiger charge is -2.14. The van der Waals surface area contributed by atoms with Crippen LogP contribution in [-0.4, -0.2) is 14.1 Å². The van der Waals surface area contributed by atoms with Gasteiger partial charge in [-0.1, -0.05) is 16.7 Å². The van der Waals surface area contributed by atoms with Crippen molar-refractivity contribution in [2.75, 3.05) is 19.0 Å². The number of hydrogen-bond donors (Lipinski definition) is 0. The second-order valence-corrected chi connectivity index (χ2v) is 3.15. The largest absolute Gasteiger partial charge is 0.377 e. The summed E-state index contributed by atoms with van der Waals surface area (Å²) in [6.45, 7) is 0. The van der Waals surface area contributed by atoms with E-state index in [4.69, 9.17) is 17.1 Å². The Morgan fingerprint density at radius 2 is 2.15 bits per heavy atom. The molecule has 0 radical (unpaired) electrons. The zero-order valence-electron chi connectivity index (χ0n) is 7.40.